The number of aromatic nitrogens is 2. The van der Waals surface area contributed by atoms with Crippen LogP contribution in [0.3, 0.4) is 0 Å². The van der Waals surface area contributed by atoms with Gasteiger partial charge >= 0.3 is 12.1 Å². The lowest BCUT2D eigenvalue weighted by atomic mass is 9.81. The summed E-state index contributed by atoms with van der Waals surface area (Å²) in [6.07, 6.45) is 0.153. The molecule has 3 aromatic carbocycles. The van der Waals surface area contributed by atoms with Crippen molar-refractivity contribution >= 4 is 23.6 Å². The van der Waals surface area contributed by atoms with Gasteiger partial charge in [0.25, 0.3) is 11.8 Å². The molecule has 1 aliphatic rings. The molecule has 1 aliphatic heterocycles. The van der Waals surface area contributed by atoms with E-state index in [0.717, 1.165) is 23.4 Å². The molecule has 262 valence electrons. The number of likely N-dealkylation sites (N-methyl/N-ethyl adjacent to an activating group) is 2. The molecule has 0 saturated carbocycles. The molecule has 50 heavy (non-hydrogen) atoms. The van der Waals surface area contributed by atoms with Gasteiger partial charge in [0.1, 0.15) is 17.5 Å². The molecule has 1 aromatic heterocycles. The molecule has 2 heterocycles. The van der Waals surface area contributed by atoms with E-state index in [-0.39, 0.29) is 12.1 Å². The molecule has 9 nitrogen and oxygen atoms in total. The summed E-state index contributed by atoms with van der Waals surface area (Å²) in [5.41, 5.74) is 1.26. The first kappa shape index (κ1) is 36.1. The number of amides is 2. The Kier molecular flexibility index (Phi) is 10.6. The lowest BCUT2D eigenvalue weighted by Crippen LogP contribution is -2.55. The summed E-state index contributed by atoms with van der Waals surface area (Å²) in [7, 11) is 1.90. The van der Waals surface area contributed by atoms with Crippen LogP contribution in [0.5, 0.6) is 0 Å². The quantitative estimate of drug-likeness (QED) is 0.151. The van der Waals surface area contributed by atoms with E-state index >= 15 is 0 Å². The van der Waals surface area contributed by atoms with Crippen LogP contribution in [0.15, 0.2) is 97.2 Å². The van der Waals surface area contributed by atoms with Crippen LogP contribution >= 0.6 is 0 Å². The third kappa shape index (κ3) is 8.31. The van der Waals surface area contributed by atoms with Crippen molar-refractivity contribution < 1.29 is 32.3 Å². The second kappa shape index (κ2) is 14.7. The molecule has 0 saturated heterocycles. The molecular weight excluding hydrogens is 647 g/mol. The second-order valence-corrected chi connectivity index (χ2v) is 13.1. The number of alkyl halides is 3. The fourth-order valence-corrected chi connectivity index (χ4v) is 6.01. The van der Waals surface area contributed by atoms with Gasteiger partial charge in [-0.3, -0.25) is 19.4 Å². The Morgan fingerprint density at radius 3 is 2.40 bits per heavy atom. The number of para-hydroxylation sites is 1. The molecule has 4 aromatic rings. The Labute approximate surface area is 289 Å². The summed E-state index contributed by atoms with van der Waals surface area (Å²) in [5, 5.41) is 7.44. The molecule has 0 aliphatic carbocycles. The van der Waals surface area contributed by atoms with Gasteiger partial charge in [0.05, 0.1) is 17.4 Å². The summed E-state index contributed by atoms with van der Waals surface area (Å²) in [6, 6.07) is 19.9. The maximum Gasteiger partial charge on any atom is 0.416 e. The molecule has 2 amide bonds. The van der Waals surface area contributed by atoms with Crippen LogP contribution in [0.4, 0.5) is 19.0 Å². The lowest BCUT2D eigenvalue weighted by molar-refractivity contribution is -0.148. The number of esters is 1. The van der Waals surface area contributed by atoms with Crippen molar-refractivity contribution in [2.45, 2.75) is 58.0 Å². The van der Waals surface area contributed by atoms with E-state index in [2.05, 4.69) is 10.4 Å². The SMILES string of the molecule is CCN1C(=O)[C@@H](NC(=O)c2cccc(C(F)(F)F)c2)[C@H](c2cccc(CN(C)C/C=C/C(=O)OC(C)(C)C)c2)c2cnn(-c3ccccc3)c21. The van der Waals surface area contributed by atoms with Gasteiger partial charge in [-0.05, 0) is 76.2 Å². The van der Waals surface area contributed by atoms with Crippen molar-refractivity contribution in [1.29, 1.82) is 0 Å². The van der Waals surface area contributed by atoms with E-state index in [1.54, 1.807) is 37.7 Å². The lowest BCUT2D eigenvalue weighted by Gasteiger charge is -2.38. The van der Waals surface area contributed by atoms with Crippen LogP contribution in [0.25, 0.3) is 5.69 Å². The van der Waals surface area contributed by atoms with Crippen molar-refractivity contribution in [3.05, 3.63) is 125 Å². The average molecular weight is 688 g/mol. The van der Waals surface area contributed by atoms with Gasteiger partial charge < -0.3 is 10.1 Å². The number of nitrogens with zero attached hydrogens (tertiary/aromatic N) is 4. The Hall–Kier alpha value is -5.23. The third-order valence-corrected chi connectivity index (χ3v) is 8.12. The molecule has 0 bridgehead atoms. The van der Waals surface area contributed by atoms with Gasteiger partial charge in [0, 0.05) is 42.8 Å². The maximum absolute atomic E-state index is 14.3. The summed E-state index contributed by atoms with van der Waals surface area (Å²) in [5.74, 6) is -1.82. The topological polar surface area (TPSA) is 96.8 Å². The third-order valence-electron chi connectivity index (χ3n) is 8.12. The highest BCUT2D eigenvalue weighted by Crippen LogP contribution is 2.42. The largest absolute Gasteiger partial charge is 0.457 e. The van der Waals surface area contributed by atoms with Gasteiger partial charge in [-0.1, -0.05) is 54.6 Å². The van der Waals surface area contributed by atoms with Crippen LogP contribution in [0, 0.1) is 0 Å². The normalized spacial score (nSPS) is 16.5. The number of carbonyl (C=O) groups excluding carboxylic acids is 3. The minimum atomic E-state index is -4.64. The van der Waals surface area contributed by atoms with E-state index < -0.39 is 47.1 Å². The molecule has 0 fully saturated rings. The monoisotopic (exact) mass is 687 g/mol. The fourth-order valence-electron chi connectivity index (χ4n) is 6.01. The number of ether oxygens (including phenoxy) is 1. The number of anilines is 1. The fraction of sp³-hybridized carbons (Fsp3) is 0.316. The Bertz CT molecular complexity index is 1880. The smallest absolute Gasteiger partial charge is 0.416 e. The van der Waals surface area contributed by atoms with E-state index in [1.807, 2.05) is 73.5 Å². The van der Waals surface area contributed by atoms with Gasteiger partial charge in [0.2, 0.25) is 0 Å². The van der Waals surface area contributed by atoms with Crippen molar-refractivity contribution in [1.82, 2.24) is 20.0 Å². The molecular formula is C38H40F3N5O4. The van der Waals surface area contributed by atoms with Gasteiger partial charge in [-0.25, -0.2) is 9.48 Å². The number of carbonyl (C=O) groups is 3. The zero-order valence-electron chi connectivity index (χ0n) is 28.6. The van der Waals surface area contributed by atoms with E-state index in [1.165, 1.54) is 23.1 Å². The molecule has 1 N–H and O–H groups in total. The number of hydrogen-bond donors (Lipinski definition) is 1. The van der Waals surface area contributed by atoms with Crippen molar-refractivity contribution in [2.75, 3.05) is 25.0 Å². The summed E-state index contributed by atoms with van der Waals surface area (Å²) in [6.45, 7) is 8.42. The Balaban J connectivity index is 1.50. The highest BCUT2D eigenvalue weighted by Gasteiger charge is 2.44. The highest BCUT2D eigenvalue weighted by molar-refractivity contribution is 6.05. The number of rotatable bonds is 10. The minimum Gasteiger partial charge on any atom is -0.457 e. The van der Waals surface area contributed by atoms with Crippen LogP contribution in [-0.2, 0) is 27.0 Å². The zero-order chi connectivity index (χ0) is 36.2. The van der Waals surface area contributed by atoms with Gasteiger partial charge in [-0.2, -0.15) is 18.3 Å². The molecule has 5 rings (SSSR count). The number of benzene rings is 3. The van der Waals surface area contributed by atoms with Gasteiger partial charge in [0.15, 0.2) is 0 Å². The predicted octanol–water partition coefficient (Wildman–Crippen LogP) is 6.52. The molecule has 12 heteroatoms. The van der Waals surface area contributed by atoms with Crippen LogP contribution in [0.2, 0.25) is 0 Å². The standard InChI is InChI=1S/C38H40F3N5O4/c1-6-45-35-30(23-42-46(35)29-17-8-7-9-18-29)32(33(36(45)49)43-34(48)27-15-11-16-28(22-27)38(39,40)41)26-14-10-13-25(21-26)24-44(5)20-12-19-31(47)50-37(2,3)4/h7-19,21-23,32-33H,6,20,24H2,1-5H3,(H,43,48)/b19-12+/t32-,33+/m1/s1. The summed E-state index contributed by atoms with van der Waals surface area (Å²) >= 11 is 0. The highest BCUT2D eigenvalue weighted by atomic mass is 19.4. The first-order valence-corrected chi connectivity index (χ1v) is 16.3. The Morgan fingerprint density at radius 1 is 1.00 bits per heavy atom. The Morgan fingerprint density at radius 2 is 1.72 bits per heavy atom. The number of nitrogens with one attached hydrogen (secondary N) is 1. The van der Waals surface area contributed by atoms with Crippen molar-refractivity contribution in [3.63, 3.8) is 0 Å². The number of fused-ring (bicyclic) bond motifs is 1. The number of halogens is 3. The van der Waals surface area contributed by atoms with E-state index in [9.17, 15) is 27.6 Å². The van der Waals surface area contributed by atoms with Crippen molar-refractivity contribution in [3.8, 4) is 5.69 Å². The van der Waals surface area contributed by atoms with E-state index in [0.29, 0.717) is 30.0 Å². The summed E-state index contributed by atoms with van der Waals surface area (Å²) in [4.78, 5) is 43.5. The van der Waals surface area contributed by atoms with Crippen LogP contribution < -0.4 is 10.2 Å². The van der Waals surface area contributed by atoms with Crippen molar-refractivity contribution in [2.24, 2.45) is 0 Å². The van der Waals surface area contributed by atoms with Crippen LogP contribution in [0.1, 0.15) is 66.2 Å². The van der Waals surface area contributed by atoms with Gasteiger partial charge in [-0.15, -0.1) is 0 Å². The molecule has 0 radical (unpaired) electrons. The minimum absolute atomic E-state index is 0.213. The van der Waals surface area contributed by atoms with E-state index in [4.69, 9.17) is 4.74 Å². The van der Waals surface area contributed by atoms with Crippen LogP contribution in [-0.4, -0.2) is 64.2 Å². The number of hydrogen-bond acceptors (Lipinski definition) is 6. The zero-order valence-corrected chi connectivity index (χ0v) is 28.6. The first-order valence-electron chi connectivity index (χ1n) is 16.3. The molecule has 0 unspecified atom stereocenters. The molecule has 2 atom stereocenters. The predicted molar refractivity (Wildman–Crippen MR) is 184 cm³/mol. The second-order valence-electron chi connectivity index (χ2n) is 13.1. The first-order chi connectivity index (χ1) is 23.7. The molecule has 0 spiro atoms. The maximum atomic E-state index is 14.3. The average Bonchev–Trinajstić information content (AvgIpc) is 3.49. The summed E-state index contributed by atoms with van der Waals surface area (Å²) < 4.78 is 47.5.